The van der Waals surface area contributed by atoms with Crippen molar-refractivity contribution >= 4 is 17.4 Å². The second-order valence-electron chi connectivity index (χ2n) is 3.75. The molecule has 4 heteroatoms. The fourth-order valence-electron chi connectivity index (χ4n) is 1.62. The van der Waals surface area contributed by atoms with Crippen molar-refractivity contribution in [1.29, 1.82) is 0 Å². The Kier molecular flexibility index (Phi) is 3.91. The van der Waals surface area contributed by atoms with Crippen LogP contribution in [0.5, 0.6) is 0 Å². The number of amides is 1. The zero-order valence-corrected chi connectivity index (χ0v) is 10.2. The molecule has 1 aromatic heterocycles. The van der Waals surface area contributed by atoms with Gasteiger partial charge < -0.3 is 10.6 Å². The quantitative estimate of drug-likeness (QED) is 0.865. The van der Waals surface area contributed by atoms with Crippen molar-refractivity contribution in [2.24, 2.45) is 0 Å². The normalized spacial score (nSPS) is 9.83. The second kappa shape index (κ2) is 5.82. The van der Waals surface area contributed by atoms with Crippen molar-refractivity contribution in [2.75, 3.05) is 17.2 Å². The first kappa shape index (κ1) is 12.1. The van der Waals surface area contributed by atoms with Crippen LogP contribution in [0.4, 0.5) is 11.5 Å². The van der Waals surface area contributed by atoms with Crippen LogP contribution in [0.1, 0.15) is 17.3 Å². The van der Waals surface area contributed by atoms with E-state index in [4.69, 9.17) is 0 Å². The molecule has 0 saturated carbocycles. The van der Waals surface area contributed by atoms with Crippen molar-refractivity contribution in [1.82, 2.24) is 4.98 Å². The zero-order chi connectivity index (χ0) is 12.8. The highest BCUT2D eigenvalue weighted by Gasteiger charge is 2.11. The Morgan fingerprint density at radius 2 is 1.94 bits per heavy atom. The van der Waals surface area contributed by atoms with Gasteiger partial charge in [0.25, 0.3) is 5.91 Å². The highest BCUT2D eigenvalue weighted by atomic mass is 16.1. The number of para-hydroxylation sites is 1. The molecule has 2 rings (SSSR count). The third kappa shape index (κ3) is 2.85. The Balaban J connectivity index is 2.19. The predicted molar refractivity (Wildman–Crippen MR) is 72.8 cm³/mol. The number of carbonyl (C=O) groups excluding carboxylic acids is 1. The molecule has 0 unspecified atom stereocenters. The molecule has 0 atom stereocenters. The first-order chi connectivity index (χ1) is 8.81. The molecule has 0 aliphatic heterocycles. The number of pyridine rings is 1. The highest BCUT2D eigenvalue weighted by Crippen LogP contribution is 2.14. The van der Waals surface area contributed by atoms with Gasteiger partial charge in [0.05, 0.1) is 5.56 Å². The minimum absolute atomic E-state index is 0.162. The lowest BCUT2D eigenvalue weighted by atomic mass is 10.2. The van der Waals surface area contributed by atoms with Gasteiger partial charge in [-0.3, -0.25) is 4.79 Å². The number of benzene rings is 1. The third-order valence-electron chi connectivity index (χ3n) is 2.43. The number of hydrogen-bond acceptors (Lipinski definition) is 3. The molecule has 92 valence electrons. The van der Waals surface area contributed by atoms with Crippen molar-refractivity contribution in [3.05, 3.63) is 54.2 Å². The topological polar surface area (TPSA) is 54.0 Å². The first-order valence-corrected chi connectivity index (χ1v) is 5.86. The smallest absolute Gasteiger partial charge is 0.259 e. The van der Waals surface area contributed by atoms with Crippen LogP contribution in [-0.4, -0.2) is 17.4 Å². The van der Waals surface area contributed by atoms with Gasteiger partial charge in [0.2, 0.25) is 0 Å². The average Bonchev–Trinajstić information content (AvgIpc) is 2.41. The Labute approximate surface area is 106 Å². The molecule has 0 fully saturated rings. The highest BCUT2D eigenvalue weighted by molar-refractivity contribution is 6.07. The van der Waals surface area contributed by atoms with Crippen LogP contribution < -0.4 is 10.6 Å². The van der Waals surface area contributed by atoms with E-state index in [0.29, 0.717) is 11.4 Å². The van der Waals surface area contributed by atoms with Crippen molar-refractivity contribution in [2.45, 2.75) is 6.92 Å². The largest absolute Gasteiger partial charge is 0.370 e. The molecule has 18 heavy (non-hydrogen) atoms. The summed E-state index contributed by atoms with van der Waals surface area (Å²) in [6, 6.07) is 12.9. The van der Waals surface area contributed by atoms with E-state index in [1.54, 1.807) is 18.3 Å². The van der Waals surface area contributed by atoms with Gasteiger partial charge in [-0.2, -0.15) is 0 Å². The maximum absolute atomic E-state index is 12.1. The SMILES string of the molecule is CCNc1ncccc1C(=O)Nc1ccccc1. The number of carbonyl (C=O) groups is 1. The summed E-state index contributed by atoms with van der Waals surface area (Å²) in [4.78, 5) is 16.3. The first-order valence-electron chi connectivity index (χ1n) is 5.86. The molecule has 0 saturated heterocycles. The van der Waals surface area contributed by atoms with Crippen LogP contribution in [0, 0.1) is 0 Å². The van der Waals surface area contributed by atoms with Crippen LogP contribution in [0.2, 0.25) is 0 Å². The van der Waals surface area contributed by atoms with Crippen LogP contribution in [0.3, 0.4) is 0 Å². The maximum atomic E-state index is 12.1. The summed E-state index contributed by atoms with van der Waals surface area (Å²) >= 11 is 0. The van der Waals surface area contributed by atoms with Crippen molar-refractivity contribution in [3.8, 4) is 0 Å². The molecule has 1 amide bonds. The standard InChI is InChI=1S/C14H15N3O/c1-2-15-13-12(9-6-10-16-13)14(18)17-11-7-4-3-5-8-11/h3-10H,2H2,1H3,(H,15,16)(H,17,18). The number of rotatable bonds is 4. The lowest BCUT2D eigenvalue weighted by Crippen LogP contribution is -2.15. The van der Waals surface area contributed by atoms with Crippen LogP contribution in [0.25, 0.3) is 0 Å². The van der Waals surface area contributed by atoms with Gasteiger partial charge in [0.15, 0.2) is 0 Å². The van der Waals surface area contributed by atoms with E-state index >= 15 is 0 Å². The summed E-state index contributed by atoms with van der Waals surface area (Å²) in [7, 11) is 0. The number of aromatic nitrogens is 1. The fraction of sp³-hybridized carbons (Fsp3) is 0.143. The van der Waals surface area contributed by atoms with E-state index in [9.17, 15) is 4.79 Å². The lowest BCUT2D eigenvalue weighted by molar-refractivity contribution is 0.102. The van der Waals surface area contributed by atoms with Gasteiger partial charge >= 0.3 is 0 Å². The van der Waals surface area contributed by atoms with E-state index in [2.05, 4.69) is 15.6 Å². The van der Waals surface area contributed by atoms with Crippen LogP contribution in [-0.2, 0) is 0 Å². The van der Waals surface area contributed by atoms with Crippen molar-refractivity contribution in [3.63, 3.8) is 0 Å². The molecule has 0 radical (unpaired) electrons. The monoisotopic (exact) mass is 241 g/mol. The Morgan fingerprint density at radius 3 is 2.67 bits per heavy atom. The Bertz CT molecular complexity index is 526. The van der Waals surface area contributed by atoms with Gasteiger partial charge in [-0.15, -0.1) is 0 Å². The Hall–Kier alpha value is -2.36. The molecule has 0 aliphatic rings. The number of nitrogens with zero attached hydrogens (tertiary/aromatic N) is 1. The van der Waals surface area contributed by atoms with Crippen LogP contribution >= 0.6 is 0 Å². The van der Waals surface area contributed by atoms with Gasteiger partial charge in [-0.25, -0.2) is 4.98 Å². The van der Waals surface area contributed by atoms with E-state index < -0.39 is 0 Å². The molecule has 1 heterocycles. The summed E-state index contributed by atoms with van der Waals surface area (Å²) in [5.74, 6) is 0.443. The average molecular weight is 241 g/mol. The molecule has 4 nitrogen and oxygen atoms in total. The molecule has 0 bridgehead atoms. The lowest BCUT2D eigenvalue weighted by Gasteiger charge is -2.09. The molecule has 0 spiro atoms. The predicted octanol–water partition coefficient (Wildman–Crippen LogP) is 2.77. The van der Waals surface area contributed by atoms with Gasteiger partial charge in [-0.05, 0) is 31.2 Å². The number of hydrogen-bond donors (Lipinski definition) is 2. The summed E-state index contributed by atoms with van der Waals surface area (Å²) in [6.45, 7) is 2.69. The number of nitrogens with one attached hydrogen (secondary N) is 2. The Morgan fingerprint density at radius 1 is 1.17 bits per heavy atom. The second-order valence-corrected chi connectivity index (χ2v) is 3.75. The minimum atomic E-state index is -0.162. The molecule has 1 aromatic carbocycles. The fourth-order valence-corrected chi connectivity index (χ4v) is 1.62. The van der Waals surface area contributed by atoms with E-state index in [1.807, 2.05) is 37.3 Å². The van der Waals surface area contributed by atoms with Crippen molar-refractivity contribution < 1.29 is 4.79 Å². The summed E-state index contributed by atoms with van der Waals surface area (Å²) in [6.07, 6.45) is 1.66. The molecular formula is C14H15N3O. The third-order valence-corrected chi connectivity index (χ3v) is 2.43. The summed E-state index contributed by atoms with van der Waals surface area (Å²) < 4.78 is 0. The van der Waals surface area contributed by atoms with E-state index in [-0.39, 0.29) is 5.91 Å². The number of anilines is 2. The van der Waals surface area contributed by atoms with E-state index in [1.165, 1.54) is 0 Å². The van der Waals surface area contributed by atoms with Crippen LogP contribution in [0.15, 0.2) is 48.7 Å². The zero-order valence-electron chi connectivity index (χ0n) is 10.2. The van der Waals surface area contributed by atoms with Gasteiger partial charge in [-0.1, -0.05) is 18.2 Å². The van der Waals surface area contributed by atoms with Gasteiger partial charge in [0, 0.05) is 18.4 Å². The molecule has 0 aliphatic carbocycles. The summed E-state index contributed by atoms with van der Waals surface area (Å²) in [5.41, 5.74) is 1.32. The molecule has 2 aromatic rings. The maximum Gasteiger partial charge on any atom is 0.259 e. The molecular weight excluding hydrogens is 226 g/mol. The molecule has 2 N–H and O–H groups in total. The summed E-state index contributed by atoms with van der Waals surface area (Å²) in [5, 5.41) is 5.91. The van der Waals surface area contributed by atoms with E-state index in [0.717, 1.165) is 12.2 Å². The minimum Gasteiger partial charge on any atom is -0.370 e. The van der Waals surface area contributed by atoms with Gasteiger partial charge in [0.1, 0.15) is 5.82 Å².